The lowest BCUT2D eigenvalue weighted by Crippen LogP contribution is -2.41. The van der Waals surface area contributed by atoms with E-state index in [1.165, 1.54) is 21.8 Å². The molecule has 136 valence electrons. The van der Waals surface area contributed by atoms with Gasteiger partial charge in [-0.15, -0.1) is 0 Å². The van der Waals surface area contributed by atoms with Gasteiger partial charge in [0.1, 0.15) is 0 Å². The molecule has 1 aliphatic heterocycles. The lowest BCUT2D eigenvalue weighted by Gasteiger charge is -2.32. The first-order chi connectivity index (χ1) is 12.0. The topological polar surface area (TPSA) is 23.4 Å². The van der Waals surface area contributed by atoms with Crippen LogP contribution in [0.5, 0.6) is 0 Å². The molecular weight excluding hydrogens is 321 g/mol. The fraction of sp³-hybridized carbons (Fsp3) is 0.455. The smallest absolute Gasteiger partial charge is 0.399 e. The molecule has 26 heavy (non-hydrogen) atoms. The fourth-order valence-corrected chi connectivity index (χ4v) is 3.84. The maximum atomic E-state index is 6.27. The van der Waals surface area contributed by atoms with Crippen molar-refractivity contribution >= 4 is 34.4 Å². The summed E-state index contributed by atoms with van der Waals surface area (Å²) in [4.78, 5) is 0. The molecule has 0 saturated carbocycles. The molecule has 1 aliphatic rings. The molecule has 0 bridgehead atoms. The zero-order valence-electron chi connectivity index (χ0n) is 16.9. The first-order valence-electron chi connectivity index (χ1n) is 9.40. The molecule has 0 unspecified atom stereocenters. The lowest BCUT2D eigenvalue weighted by molar-refractivity contribution is 0.00578. The lowest BCUT2D eigenvalue weighted by atomic mass is 9.78. The third-order valence-electron chi connectivity index (χ3n) is 5.89. The van der Waals surface area contributed by atoms with Crippen molar-refractivity contribution in [2.75, 3.05) is 0 Å². The summed E-state index contributed by atoms with van der Waals surface area (Å²) < 4.78 is 15.0. The average Bonchev–Trinajstić information content (AvgIpc) is 2.97. The van der Waals surface area contributed by atoms with Crippen molar-refractivity contribution in [3.63, 3.8) is 0 Å². The molecule has 1 saturated heterocycles. The summed E-state index contributed by atoms with van der Waals surface area (Å²) in [6, 6.07) is 15.2. The van der Waals surface area contributed by atoms with Crippen molar-refractivity contribution in [1.29, 1.82) is 0 Å². The van der Waals surface area contributed by atoms with E-state index in [-0.39, 0.29) is 23.9 Å². The van der Waals surface area contributed by atoms with Gasteiger partial charge < -0.3 is 13.9 Å². The largest absolute Gasteiger partial charge is 0.494 e. The van der Waals surface area contributed by atoms with Crippen LogP contribution < -0.4 is 5.46 Å². The van der Waals surface area contributed by atoms with Crippen LogP contribution >= 0.6 is 0 Å². The Kier molecular flexibility index (Phi) is 3.64. The number of fused-ring (bicyclic) bond motifs is 3. The molecule has 0 aliphatic carbocycles. The van der Waals surface area contributed by atoms with Crippen molar-refractivity contribution in [2.45, 2.75) is 65.2 Å². The Morgan fingerprint density at radius 3 is 2.00 bits per heavy atom. The number of aromatic nitrogens is 1. The third-order valence-corrected chi connectivity index (χ3v) is 5.89. The number of para-hydroxylation sites is 1. The van der Waals surface area contributed by atoms with E-state index in [0.29, 0.717) is 0 Å². The van der Waals surface area contributed by atoms with Crippen LogP contribution in [0.4, 0.5) is 0 Å². The zero-order valence-corrected chi connectivity index (χ0v) is 16.9. The highest BCUT2D eigenvalue weighted by Gasteiger charge is 2.51. The molecule has 0 atom stereocenters. The predicted molar refractivity (Wildman–Crippen MR) is 110 cm³/mol. The number of benzene rings is 2. The second kappa shape index (κ2) is 5.37. The standard InChI is InChI=1S/C22H28BNO2/c1-20(2,3)24-18-11-9-8-10-16(18)17-13-12-15(14-19(17)24)23-25-21(4,5)22(6,7)26-23/h8-14H,1-7H3. The Labute approximate surface area is 156 Å². The van der Waals surface area contributed by atoms with Crippen molar-refractivity contribution in [2.24, 2.45) is 0 Å². The van der Waals surface area contributed by atoms with Gasteiger partial charge in [0.2, 0.25) is 0 Å². The summed E-state index contributed by atoms with van der Waals surface area (Å²) in [7, 11) is -0.337. The van der Waals surface area contributed by atoms with E-state index in [9.17, 15) is 0 Å². The molecular formula is C22H28BNO2. The minimum atomic E-state index is -0.337. The van der Waals surface area contributed by atoms with Gasteiger partial charge >= 0.3 is 7.12 Å². The van der Waals surface area contributed by atoms with Crippen molar-refractivity contribution < 1.29 is 9.31 Å². The molecule has 1 aromatic heterocycles. The number of rotatable bonds is 1. The highest BCUT2D eigenvalue weighted by Crippen LogP contribution is 2.38. The first-order valence-corrected chi connectivity index (χ1v) is 9.40. The van der Waals surface area contributed by atoms with Crippen LogP contribution in [-0.4, -0.2) is 22.9 Å². The Hall–Kier alpha value is -1.78. The van der Waals surface area contributed by atoms with Crippen LogP contribution in [-0.2, 0) is 14.8 Å². The number of hydrogen-bond donors (Lipinski definition) is 0. The monoisotopic (exact) mass is 349 g/mol. The van der Waals surface area contributed by atoms with E-state index >= 15 is 0 Å². The van der Waals surface area contributed by atoms with E-state index in [1.54, 1.807) is 0 Å². The third kappa shape index (κ3) is 2.50. The van der Waals surface area contributed by atoms with Crippen LogP contribution in [0.25, 0.3) is 21.8 Å². The molecule has 2 heterocycles. The van der Waals surface area contributed by atoms with E-state index in [0.717, 1.165) is 5.46 Å². The second-order valence-corrected chi connectivity index (χ2v) is 9.39. The molecule has 0 N–H and O–H groups in total. The van der Waals surface area contributed by atoms with Gasteiger partial charge in [0.05, 0.1) is 11.2 Å². The van der Waals surface area contributed by atoms with Crippen LogP contribution in [0.15, 0.2) is 42.5 Å². The zero-order chi connectivity index (χ0) is 18.9. The summed E-state index contributed by atoms with van der Waals surface area (Å²) in [5.41, 5.74) is 2.89. The van der Waals surface area contributed by atoms with E-state index < -0.39 is 0 Å². The van der Waals surface area contributed by atoms with Crippen molar-refractivity contribution in [3.05, 3.63) is 42.5 Å². The molecule has 0 spiro atoms. The first kappa shape index (κ1) is 17.6. The van der Waals surface area contributed by atoms with Gasteiger partial charge in [-0.1, -0.05) is 30.3 Å². The fourth-order valence-electron chi connectivity index (χ4n) is 3.84. The Bertz CT molecular complexity index is 978. The van der Waals surface area contributed by atoms with E-state index in [1.807, 2.05) is 0 Å². The molecule has 3 nitrogen and oxygen atoms in total. The number of nitrogens with zero attached hydrogens (tertiary/aromatic N) is 1. The van der Waals surface area contributed by atoms with Gasteiger partial charge in [-0.05, 0) is 66.1 Å². The van der Waals surface area contributed by atoms with Crippen LogP contribution in [0, 0.1) is 0 Å². The highest BCUT2D eigenvalue weighted by molar-refractivity contribution is 6.62. The Morgan fingerprint density at radius 2 is 1.38 bits per heavy atom. The maximum absolute atomic E-state index is 6.27. The Balaban J connectivity index is 1.92. The molecule has 0 radical (unpaired) electrons. The van der Waals surface area contributed by atoms with Gasteiger partial charge in [0, 0.05) is 27.3 Å². The minimum Gasteiger partial charge on any atom is -0.399 e. The van der Waals surface area contributed by atoms with Crippen molar-refractivity contribution in [1.82, 2.24) is 4.57 Å². The van der Waals surface area contributed by atoms with E-state index in [4.69, 9.17) is 9.31 Å². The number of hydrogen-bond acceptors (Lipinski definition) is 2. The second-order valence-electron chi connectivity index (χ2n) is 9.39. The minimum absolute atomic E-state index is 0.0179. The SMILES string of the molecule is CC(C)(C)n1c2ccccc2c2ccc(B3OC(C)(C)C(C)(C)O3)cc21. The molecule has 4 heteroatoms. The van der Waals surface area contributed by atoms with Gasteiger partial charge in [-0.25, -0.2) is 0 Å². The van der Waals surface area contributed by atoms with Gasteiger partial charge in [0.25, 0.3) is 0 Å². The van der Waals surface area contributed by atoms with Crippen LogP contribution in [0.1, 0.15) is 48.5 Å². The molecule has 4 rings (SSSR count). The quantitative estimate of drug-likeness (QED) is 0.587. The van der Waals surface area contributed by atoms with Gasteiger partial charge in [-0.2, -0.15) is 0 Å². The van der Waals surface area contributed by atoms with Gasteiger partial charge in [-0.3, -0.25) is 0 Å². The summed E-state index contributed by atoms with van der Waals surface area (Å²) in [6.07, 6.45) is 0. The molecule has 1 fully saturated rings. The van der Waals surface area contributed by atoms with Crippen LogP contribution in [0.2, 0.25) is 0 Å². The summed E-state index contributed by atoms with van der Waals surface area (Å²) in [6.45, 7) is 15.1. The summed E-state index contributed by atoms with van der Waals surface area (Å²) >= 11 is 0. The molecule has 3 aromatic rings. The van der Waals surface area contributed by atoms with E-state index in [2.05, 4.69) is 95.5 Å². The Morgan fingerprint density at radius 1 is 0.808 bits per heavy atom. The summed E-state index contributed by atoms with van der Waals surface area (Å²) in [5, 5.41) is 2.56. The maximum Gasteiger partial charge on any atom is 0.494 e. The summed E-state index contributed by atoms with van der Waals surface area (Å²) in [5.74, 6) is 0. The molecule has 0 amide bonds. The van der Waals surface area contributed by atoms with Gasteiger partial charge in [0.15, 0.2) is 0 Å². The van der Waals surface area contributed by atoms with Crippen LogP contribution in [0.3, 0.4) is 0 Å². The normalized spacial score (nSPS) is 19.6. The highest BCUT2D eigenvalue weighted by atomic mass is 16.7. The van der Waals surface area contributed by atoms with Crippen molar-refractivity contribution in [3.8, 4) is 0 Å². The predicted octanol–water partition coefficient (Wildman–Crippen LogP) is 4.85. The average molecular weight is 349 g/mol. The molecule has 2 aromatic carbocycles.